The standard InChI is InChI=1S/C25H23BrN2O5S/c1-5-33-24(30)21-14(2)27-25-28(22(21)16-9-10-18(31-3)19(13-16)32-4)23(29)20(34-25)12-15-7-6-8-17(26)11-15/h6-13,22H,5H2,1-4H3/b20-12-. The molecule has 34 heavy (non-hydrogen) atoms. The lowest BCUT2D eigenvalue weighted by atomic mass is 9.95. The number of carbonyl (C=O) groups excluding carboxylic acids is 1. The number of hydrogen-bond donors (Lipinski definition) is 0. The molecule has 0 amide bonds. The minimum Gasteiger partial charge on any atom is -0.493 e. The van der Waals surface area contributed by atoms with E-state index in [4.69, 9.17) is 14.2 Å². The van der Waals surface area contributed by atoms with Crippen molar-refractivity contribution < 1.29 is 19.0 Å². The molecule has 7 nitrogen and oxygen atoms in total. The number of nitrogens with zero attached hydrogens (tertiary/aromatic N) is 2. The van der Waals surface area contributed by atoms with Gasteiger partial charge in [0, 0.05) is 4.47 Å². The van der Waals surface area contributed by atoms with Crippen LogP contribution in [0.1, 0.15) is 31.0 Å². The van der Waals surface area contributed by atoms with Gasteiger partial charge in [-0.05, 0) is 55.3 Å². The Hall–Kier alpha value is -3.17. The van der Waals surface area contributed by atoms with E-state index in [1.807, 2.05) is 36.4 Å². The van der Waals surface area contributed by atoms with E-state index in [0.29, 0.717) is 37.7 Å². The number of esters is 1. The second-order valence-electron chi connectivity index (χ2n) is 7.47. The molecule has 1 atom stereocenters. The monoisotopic (exact) mass is 542 g/mol. The number of methoxy groups -OCH3 is 2. The molecule has 0 saturated heterocycles. The molecule has 4 rings (SSSR count). The van der Waals surface area contributed by atoms with Crippen molar-refractivity contribution in [3.63, 3.8) is 0 Å². The zero-order valence-electron chi connectivity index (χ0n) is 19.1. The van der Waals surface area contributed by atoms with Crippen LogP contribution in [0, 0.1) is 0 Å². The van der Waals surface area contributed by atoms with Crippen molar-refractivity contribution >= 4 is 39.3 Å². The third-order valence-corrected chi connectivity index (χ3v) is 6.86. The van der Waals surface area contributed by atoms with Crippen molar-refractivity contribution in [1.82, 2.24) is 4.57 Å². The third kappa shape index (κ3) is 4.45. The van der Waals surface area contributed by atoms with Crippen LogP contribution in [0.5, 0.6) is 11.5 Å². The fraction of sp³-hybridized carbons (Fsp3) is 0.240. The fourth-order valence-corrected chi connectivity index (χ4v) is 5.34. The number of aromatic nitrogens is 1. The number of benzene rings is 2. The van der Waals surface area contributed by atoms with Crippen molar-refractivity contribution in [2.45, 2.75) is 19.9 Å². The topological polar surface area (TPSA) is 79.1 Å². The van der Waals surface area contributed by atoms with Gasteiger partial charge in [-0.2, -0.15) is 0 Å². The molecule has 176 valence electrons. The summed E-state index contributed by atoms with van der Waals surface area (Å²) in [5.41, 5.74) is 2.15. The third-order valence-electron chi connectivity index (χ3n) is 5.39. The van der Waals surface area contributed by atoms with Crippen molar-refractivity contribution in [1.29, 1.82) is 0 Å². The van der Waals surface area contributed by atoms with E-state index in [1.54, 1.807) is 44.8 Å². The average molecular weight is 543 g/mol. The van der Waals surface area contributed by atoms with E-state index < -0.39 is 12.0 Å². The van der Waals surface area contributed by atoms with Gasteiger partial charge < -0.3 is 14.2 Å². The predicted molar refractivity (Wildman–Crippen MR) is 134 cm³/mol. The summed E-state index contributed by atoms with van der Waals surface area (Å²) in [6.45, 7) is 3.71. The summed E-state index contributed by atoms with van der Waals surface area (Å²) < 4.78 is 19.2. The second kappa shape index (κ2) is 9.99. The quantitative estimate of drug-likeness (QED) is 0.445. The molecule has 0 fully saturated rings. The van der Waals surface area contributed by atoms with Crippen molar-refractivity contribution in [2.75, 3.05) is 20.8 Å². The van der Waals surface area contributed by atoms with Crippen LogP contribution in [0.4, 0.5) is 0 Å². The van der Waals surface area contributed by atoms with E-state index in [-0.39, 0.29) is 12.2 Å². The van der Waals surface area contributed by atoms with Gasteiger partial charge in [0.1, 0.15) is 0 Å². The molecule has 0 N–H and O–H groups in total. The Balaban J connectivity index is 1.97. The Morgan fingerprint density at radius 1 is 1.18 bits per heavy atom. The molecule has 9 heteroatoms. The first-order valence-electron chi connectivity index (χ1n) is 10.5. The van der Waals surface area contributed by atoms with Gasteiger partial charge in [0.2, 0.25) is 0 Å². The maximum Gasteiger partial charge on any atom is 0.338 e. The van der Waals surface area contributed by atoms with Gasteiger partial charge in [0.25, 0.3) is 5.56 Å². The largest absolute Gasteiger partial charge is 0.493 e. The molecule has 2 aromatic carbocycles. The minimum absolute atomic E-state index is 0.210. The molecule has 3 aromatic rings. The van der Waals surface area contributed by atoms with Crippen molar-refractivity contribution in [2.24, 2.45) is 4.99 Å². The van der Waals surface area contributed by atoms with Gasteiger partial charge in [-0.3, -0.25) is 9.36 Å². The number of ether oxygens (including phenoxy) is 3. The average Bonchev–Trinajstić information content (AvgIpc) is 3.12. The molecular weight excluding hydrogens is 520 g/mol. The highest BCUT2D eigenvalue weighted by molar-refractivity contribution is 9.10. The van der Waals surface area contributed by atoms with Crippen LogP contribution in [-0.4, -0.2) is 31.4 Å². The minimum atomic E-state index is -0.722. The lowest BCUT2D eigenvalue weighted by molar-refractivity contribution is -0.139. The van der Waals surface area contributed by atoms with E-state index >= 15 is 0 Å². The smallest absolute Gasteiger partial charge is 0.338 e. The highest BCUT2D eigenvalue weighted by atomic mass is 79.9. The second-order valence-corrected chi connectivity index (χ2v) is 9.40. The molecular formula is C25H23BrN2O5S. The molecule has 1 aliphatic rings. The van der Waals surface area contributed by atoms with Gasteiger partial charge in [-0.1, -0.05) is 45.5 Å². The first-order chi connectivity index (χ1) is 16.4. The SMILES string of the molecule is CCOC(=O)C1=C(C)N=c2s/c(=C\c3cccc(Br)c3)c(=O)n2C1c1ccc(OC)c(OC)c1. The number of halogens is 1. The van der Waals surface area contributed by atoms with Crippen LogP contribution >= 0.6 is 27.3 Å². The summed E-state index contributed by atoms with van der Waals surface area (Å²) in [4.78, 5) is 31.8. The lowest BCUT2D eigenvalue weighted by Gasteiger charge is -2.25. The van der Waals surface area contributed by atoms with Gasteiger partial charge in [0.05, 0.1) is 42.7 Å². The number of allylic oxidation sites excluding steroid dienone is 1. The van der Waals surface area contributed by atoms with Crippen molar-refractivity contribution in [3.05, 3.63) is 89.0 Å². The first-order valence-corrected chi connectivity index (χ1v) is 12.2. The van der Waals surface area contributed by atoms with Crippen LogP contribution in [0.15, 0.2) is 68.0 Å². The summed E-state index contributed by atoms with van der Waals surface area (Å²) in [6, 6.07) is 12.3. The van der Waals surface area contributed by atoms with Crippen LogP contribution in [0.3, 0.4) is 0 Å². The van der Waals surface area contributed by atoms with Gasteiger partial charge in [-0.25, -0.2) is 9.79 Å². The summed E-state index contributed by atoms with van der Waals surface area (Å²) in [6.07, 6.45) is 1.82. The van der Waals surface area contributed by atoms with Gasteiger partial charge in [0.15, 0.2) is 16.3 Å². The number of fused-ring (bicyclic) bond motifs is 1. The molecule has 1 aromatic heterocycles. The predicted octanol–water partition coefficient (Wildman–Crippen LogP) is 3.58. The lowest BCUT2D eigenvalue weighted by Crippen LogP contribution is -2.39. The number of rotatable bonds is 6. The highest BCUT2D eigenvalue weighted by Gasteiger charge is 2.33. The fourth-order valence-electron chi connectivity index (χ4n) is 3.88. The Morgan fingerprint density at radius 3 is 2.62 bits per heavy atom. The first kappa shape index (κ1) is 24.0. The zero-order chi connectivity index (χ0) is 24.4. The van der Waals surface area contributed by atoms with E-state index in [0.717, 1.165) is 10.0 Å². The van der Waals surface area contributed by atoms with E-state index in [9.17, 15) is 9.59 Å². The zero-order valence-corrected chi connectivity index (χ0v) is 21.5. The molecule has 0 bridgehead atoms. The summed E-state index contributed by atoms with van der Waals surface area (Å²) in [5, 5.41) is 0. The van der Waals surface area contributed by atoms with Gasteiger partial charge in [-0.15, -0.1) is 0 Å². The molecule has 1 unspecified atom stereocenters. The molecule has 1 aliphatic heterocycles. The number of thiazole rings is 1. The van der Waals surface area contributed by atoms with Crippen LogP contribution in [0.25, 0.3) is 6.08 Å². The van der Waals surface area contributed by atoms with Crippen molar-refractivity contribution in [3.8, 4) is 11.5 Å². The van der Waals surface area contributed by atoms with E-state index in [2.05, 4.69) is 20.9 Å². The van der Waals surface area contributed by atoms with Gasteiger partial charge >= 0.3 is 5.97 Å². The number of hydrogen-bond acceptors (Lipinski definition) is 7. The maximum absolute atomic E-state index is 13.6. The van der Waals surface area contributed by atoms with E-state index in [1.165, 1.54) is 11.3 Å². The summed E-state index contributed by atoms with van der Waals surface area (Å²) in [7, 11) is 3.09. The Kier molecular flexibility index (Phi) is 7.04. The Bertz CT molecular complexity index is 1470. The normalized spacial score (nSPS) is 15.6. The Morgan fingerprint density at radius 2 is 1.94 bits per heavy atom. The summed E-state index contributed by atoms with van der Waals surface area (Å²) >= 11 is 4.74. The number of carbonyl (C=O) groups is 1. The molecule has 0 radical (unpaired) electrons. The maximum atomic E-state index is 13.6. The molecule has 0 saturated carbocycles. The van der Waals surface area contributed by atoms with Crippen LogP contribution in [-0.2, 0) is 9.53 Å². The molecule has 2 heterocycles. The molecule has 0 spiro atoms. The Labute approximate surface area is 208 Å². The highest BCUT2D eigenvalue weighted by Crippen LogP contribution is 2.36. The molecule has 0 aliphatic carbocycles. The van der Waals surface area contributed by atoms with Crippen LogP contribution in [0.2, 0.25) is 0 Å². The summed E-state index contributed by atoms with van der Waals surface area (Å²) in [5.74, 6) is 0.533. The van der Waals surface area contributed by atoms with Crippen LogP contribution < -0.4 is 24.4 Å².